The summed E-state index contributed by atoms with van der Waals surface area (Å²) in [5, 5.41) is 10.4. The first-order chi connectivity index (χ1) is 7.83. The Morgan fingerprint density at radius 2 is 2.24 bits per heavy atom. The van der Waals surface area contributed by atoms with Gasteiger partial charge in [0.1, 0.15) is 0 Å². The van der Waals surface area contributed by atoms with Crippen LogP contribution >= 0.6 is 0 Å². The predicted molar refractivity (Wildman–Crippen MR) is 70.7 cm³/mol. The van der Waals surface area contributed by atoms with Gasteiger partial charge in [-0.3, -0.25) is 4.79 Å². The lowest BCUT2D eigenvalue weighted by atomic mass is 9.76. The second-order valence-electron chi connectivity index (χ2n) is 5.72. The first kappa shape index (κ1) is 14.2. The Labute approximate surface area is 104 Å². The molecule has 0 radical (unpaired) electrons. The maximum atomic E-state index is 11.9. The van der Waals surface area contributed by atoms with Gasteiger partial charge >= 0.3 is 0 Å². The number of rotatable bonds is 4. The molecule has 0 aromatic rings. The Balaban J connectivity index is 2.67. The zero-order valence-corrected chi connectivity index (χ0v) is 11.4. The molecule has 0 fully saturated rings. The van der Waals surface area contributed by atoms with E-state index in [4.69, 9.17) is 0 Å². The minimum Gasteiger partial charge on any atom is -0.389 e. The molecule has 1 aliphatic carbocycles. The van der Waals surface area contributed by atoms with Crippen molar-refractivity contribution >= 4 is 5.78 Å². The number of carbonyl (C=O) groups excluding carboxylic acids is 1. The lowest BCUT2D eigenvalue weighted by Crippen LogP contribution is -2.40. The average molecular weight is 236 g/mol. The molecule has 0 saturated carbocycles. The maximum Gasteiger partial charge on any atom is 0.161 e. The summed E-state index contributed by atoms with van der Waals surface area (Å²) in [6.45, 7) is 7.95. The summed E-state index contributed by atoms with van der Waals surface area (Å²) >= 11 is 0. The van der Waals surface area contributed by atoms with Gasteiger partial charge in [0.05, 0.1) is 11.5 Å². The van der Waals surface area contributed by atoms with Gasteiger partial charge in [0.2, 0.25) is 0 Å². The standard InChI is InChI=1S/C15H24O2/c1-11(2)6-5-9-15(4,17)13-8-7-12(3)10-14(13)16/h5-6,10-11,13,17H,7-9H2,1-4H3/b6-5-/t13-,15-/m0/s1. The summed E-state index contributed by atoms with van der Waals surface area (Å²) in [6, 6.07) is 0. The second kappa shape index (κ2) is 5.63. The lowest BCUT2D eigenvalue weighted by Gasteiger charge is -2.32. The van der Waals surface area contributed by atoms with E-state index < -0.39 is 5.60 Å². The van der Waals surface area contributed by atoms with Crippen molar-refractivity contribution in [1.82, 2.24) is 0 Å². The molecule has 2 nitrogen and oxygen atoms in total. The van der Waals surface area contributed by atoms with Crippen LogP contribution in [-0.2, 0) is 4.79 Å². The Morgan fingerprint density at radius 1 is 1.59 bits per heavy atom. The quantitative estimate of drug-likeness (QED) is 0.761. The molecule has 0 unspecified atom stereocenters. The number of ketones is 1. The van der Waals surface area contributed by atoms with Gasteiger partial charge in [-0.05, 0) is 45.1 Å². The number of allylic oxidation sites excluding steroid dienone is 3. The Kier molecular flexibility index (Phi) is 4.70. The van der Waals surface area contributed by atoms with Crippen LogP contribution in [0.2, 0.25) is 0 Å². The van der Waals surface area contributed by atoms with Gasteiger partial charge in [-0.25, -0.2) is 0 Å². The molecule has 1 aliphatic rings. The largest absolute Gasteiger partial charge is 0.389 e. The van der Waals surface area contributed by atoms with E-state index in [0.717, 1.165) is 18.4 Å². The monoisotopic (exact) mass is 236 g/mol. The average Bonchev–Trinajstić information content (AvgIpc) is 2.15. The summed E-state index contributed by atoms with van der Waals surface area (Å²) in [6.07, 6.45) is 7.99. The van der Waals surface area contributed by atoms with Crippen LogP contribution in [0, 0.1) is 11.8 Å². The molecule has 0 heterocycles. The summed E-state index contributed by atoms with van der Waals surface area (Å²) in [5.41, 5.74) is 0.208. The van der Waals surface area contributed by atoms with Crippen molar-refractivity contribution in [2.45, 2.75) is 52.6 Å². The van der Waals surface area contributed by atoms with Crippen molar-refractivity contribution in [2.24, 2.45) is 11.8 Å². The first-order valence-corrected chi connectivity index (χ1v) is 6.43. The van der Waals surface area contributed by atoms with Gasteiger partial charge in [0.15, 0.2) is 5.78 Å². The molecule has 0 aromatic heterocycles. The van der Waals surface area contributed by atoms with Gasteiger partial charge in [0.25, 0.3) is 0 Å². The molecule has 1 N–H and O–H groups in total. The highest BCUT2D eigenvalue weighted by Crippen LogP contribution is 2.32. The summed E-state index contributed by atoms with van der Waals surface area (Å²) in [4.78, 5) is 11.9. The van der Waals surface area contributed by atoms with E-state index in [1.54, 1.807) is 13.0 Å². The minimum atomic E-state index is -0.917. The van der Waals surface area contributed by atoms with Crippen LogP contribution in [0.15, 0.2) is 23.8 Å². The molecular weight excluding hydrogens is 212 g/mol. The van der Waals surface area contributed by atoms with Crippen LogP contribution in [0.25, 0.3) is 0 Å². The van der Waals surface area contributed by atoms with E-state index in [9.17, 15) is 9.90 Å². The number of aliphatic hydroxyl groups is 1. The van der Waals surface area contributed by atoms with Crippen molar-refractivity contribution in [1.29, 1.82) is 0 Å². The maximum absolute atomic E-state index is 11.9. The van der Waals surface area contributed by atoms with E-state index in [-0.39, 0.29) is 11.7 Å². The summed E-state index contributed by atoms with van der Waals surface area (Å²) < 4.78 is 0. The van der Waals surface area contributed by atoms with Crippen LogP contribution < -0.4 is 0 Å². The normalized spacial score (nSPS) is 25.2. The number of hydrogen-bond donors (Lipinski definition) is 1. The zero-order chi connectivity index (χ0) is 13.1. The highest BCUT2D eigenvalue weighted by atomic mass is 16.3. The molecule has 2 heteroatoms. The van der Waals surface area contributed by atoms with Gasteiger partial charge in [0, 0.05) is 0 Å². The van der Waals surface area contributed by atoms with E-state index in [0.29, 0.717) is 12.3 Å². The molecule has 17 heavy (non-hydrogen) atoms. The molecule has 2 atom stereocenters. The third-order valence-electron chi connectivity index (χ3n) is 3.36. The van der Waals surface area contributed by atoms with Crippen LogP contribution in [0.1, 0.15) is 47.0 Å². The van der Waals surface area contributed by atoms with E-state index >= 15 is 0 Å². The van der Waals surface area contributed by atoms with Gasteiger partial charge in [-0.1, -0.05) is 31.6 Å². The third kappa shape index (κ3) is 4.12. The molecule has 0 aromatic carbocycles. The van der Waals surface area contributed by atoms with E-state index in [1.807, 2.05) is 13.0 Å². The molecule has 0 spiro atoms. The van der Waals surface area contributed by atoms with Crippen LogP contribution in [0.5, 0.6) is 0 Å². The van der Waals surface area contributed by atoms with Crippen molar-refractivity contribution in [2.75, 3.05) is 0 Å². The zero-order valence-electron chi connectivity index (χ0n) is 11.4. The van der Waals surface area contributed by atoms with Gasteiger partial charge < -0.3 is 5.11 Å². The van der Waals surface area contributed by atoms with Crippen LogP contribution in [0.3, 0.4) is 0 Å². The smallest absolute Gasteiger partial charge is 0.161 e. The summed E-state index contributed by atoms with van der Waals surface area (Å²) in [5.74, 6) is 0.315. The molecular formula is C15H24O2. The third-order valence-corrected chi connectivity index (χ3v) is 3.36. The molecule has 96 valence electrons. The first-order valence-electron chi connectivity index (χ1n) is 6.43. The second-order valence-corrected chi connectivity index (χ2v) is 5.72. The van der Waals surface area contributed by atoms with Gasteiger partial charge in [-0.15, -0.1) is 0 Å². The fourth-order valence-corrected chi connectivity index (χ4v) is 2.27. The number of carbonyl (C=O) groups is 1. The molecule has 1 rings (SSSR count). The van der Waals surface area contributed by atoms with E-state index in [1.165, 1.54) is 0 Å². The van der Waals surface area contributed by atoms with Crippen molar-refractivity contribution in [3.05, 3.63) is 23.8 Å². The van der Waals surface area contributed by atoms with E-state index in [2.05, 4.69) is 19.9 Å². The van der Waals surface area contributed by atoms with Crippen LogP contribution in [0.4, 0.5) is 0 Å². The fourth-order valence-electron chi connectivity index (χ4n) is 2.27. The predicted octanol–water partition coefficient (Wildman–Crippen LogP) is 3.27. The molecule has 0 amide bonds. The minimum absolute atomic E-state index is 0.0803. The Bertz CT molecular complexity index is 335. The summed E-state index contributed by atoms with van der Waals surface area (Å²) in [7, 11) is 0. The van der Waals surface area contributed by atoms with Gasteiger partial charge in [-0.2, -0.15) is 0 Å². The lowest BCUT2D eigenvalue weighted by molar-refractivity contribution is -0.127. The number of hydrogen-bond acceptors (Lipinski definition) is 2. The highest BCUT2D eigenvalue weighted by Gasteiger charge is 2.36. The van der Waals surface area contributed by atoms with Crippen molar-refractivity contribution < 1.29 is 9.90 Å². The highest BCUT2D eigenvalue weighted by molar-refractivity contribution is 5.94. The Hall–Kier alpha value is -0.890. The fraction of sp³-hybridized carbons (Fsp3) is 0.667. The molecule has 0 saturated heterocycles. The van der Waals surface area contributed by atoms with Crippen molar-refractivity contribution in [3.63, 3.8) is 0 Å². The SMILES string of the molecule is CC1=CC(=O)[C@@H]([C@@](C)(O)C/C=C\C(C)C)CC1. The van der Waals surface area contributed by atoms with Crippen LogP contribution in [-0.4, -0.2) is 16.5 Å². The Morgan fingerprint density at radius 3 is 2.76 bits per heavy atom. The topological polar surface area (TPSA) is 37.3 Å². The van der Waals surface area contributed by atoms with Crippen molar-refractivity contribution in [3.8, 4) is 0 Å². The molecule has 0 aliphatic heterocycles. The molecule has 0 bridgehead atoms.